The van der Waals surface area contributed by atoms with Gasteiger partial charge in [0.25, 0.3) is 0 Å². The molecule has 0 radical (unpaired) electrons. The number of rotatable bonds is 5. The lowest BCUT2D eigenvalue weighted by Crippen LogP contribution is -2.29. The van der Waals surface area contributed by atoms with Crippen molar-refractivity contribution in [3.63, 3.8) is 0 Å². The van der Waals surface area contributed by atoms with E-state index in [4.69, 9.17) is 5.11 Å². The molecule has 1 aromatic heterocycles. The second-order valence-corrected chi connectivity index (χ2v) is 5.64. The van der Waals surface area contributed by atoms with Crippen LogP contribution in [0.5, 0.6) is 0 Å². The molecule has 17 heavy (non-hydrogen) atoms. The Morgan fingerprint density at radius 3 is 2.47 bits per heavy atom. The summed E-state index contributed by atoms with van der Waals surface area (Å²) in [5.74, 6) is -1.14. The van der Waals surface area contributed by atoms with E-state index in [9.17, 15) is 13.2 Å². The molecular weight excluding hydrogens is 244 g/mol. The van der Waals surface area contributed by atoms with Crippen molar-refractivity contribution in [2.24, 2.45) is 0 Å². The summed E-state index contributed by atoms with van der Waals surface area (Å²) in [4.78, 5) is 10.9. The van der Waals surface area contributed by atoms with Crippen LogP contribution in [-0.4, -0.2) is 30.1 Å². The molecule has 0 aliphatic heterocycles. The van der Waals surface area contributed by atoms with Gasteiger partial charge in [0.1, 0.15) is 10.6 Å². The summed E-state index contributed by atoms with van der Waals surface area (Å²) >= 11 is 0. The Labute approximate surface area is 100 Å². The van der Waals surface area contributed by atoms with E-state index in [0.717, 1.165) is 6.07 Å². The largest absolute Gasteiger partial charge is 0.477 e. The topological polar surface area (TPSA) is 88.4 Å². The normalized spacial score (nSPS) is 12.0. The van der Waals surface area contributed by atoms with E-state index < -0.39 is 16.0 Å². The minimum absolute atomic E-state index is 0.0227. The van der Waals surface area contributed by atoms with E-state index in [2.05, 4.69) is 4.72 Å². The fourth-order valence-electron chi connectivity index (χ4n) is 1.45. The molecule has 0 aliphatic carbocycles. The summed E-state index contributed by atoms with van der Waals surface area (Å²) in [5.41, 5.74) is -0.0309. The molecular formula is C10H16N2O4S. The molecule has 6 nitrogen and oxygen atoms in total. The highest BCUT2D eigenvalue weighted by Crippen LogP contribution is 2.15. The van der Waals surface area contributed by atoms with Gasteiger partial charge in [-0.2, -0.15) is 0 Å². The summed E-state index contributed by atoms with van der Waals surface area (Å²) in [5, 5.41) is 8.92. The Morgan fingerprint density at radius 1 is 1.53 bits per heavy atom. The van der Waals surface area contributed by atoms with Gasteiger partial charge in [-0.25, -0.2) is 17.9 Å². The van der Waals surface area contributed by atoms with Gasteiger partial charge in [0.2, 0.25) is 10.0 Å². The third kappa shape index (κ3) is 3.07. The maximum absolute atomic E-state index is 11.8. The van der Waals surface area contributed by atoms with Crippen molar-refractivity contribution in [2.75, 3.05) is 0 Å². The second-order valence-electron chi connectivity index (χ2n) is 3.93. The van der Waals surface area contributed by atoms with Crippen molar-refractivity contribution >= 4 is 16.0 Å². The van der Waals surface area contributed by atoms with Gasteiger partial charge in [0.05, 0.1) is 0 Å². The summed E-state index contributed by atoms with van der Waals surface area (Å²) in [6.07, 6.45) is 1.33. The van der Waals surface area contributed by atoms with Crippen LogP contribution in [0, 0.1) is 0 Å². The Kier molecular flexibility index (Phi) is 3.94. The number of aromatic nitrogens is 1. The Hall–Kier alpha value is -1.34. The van der Waals surface area contributed by atoms with Crippen molar-refractivity contribution in [1.29, 1.82) is 0 Å². The second kappa shape index (κ2) is 4.89. The Balaban J connectivity index is 3.21. The third-order valence-electron chi connectivity index (χ3n) is 2.13. The van der Waals surface area contributed by atoms with Gasteiger partial charge in [-0.05, 0) is 26.8 Å². The highest BCUT2D eigenvalue weighted by molar-refractivity contribution is 7.89. The van der Waals surface area contributed by atoms with Crippen molar-refractivity contribution in [3.05, 3.63) is 18.0 Å². The number of carbonyl (C=O) groups is 1. The first kappa shape index (κ1) is 13.7. The average molecular weight is 260 g/mol. The molecule has 7 heteroatoms. The highest BCUT2D eigenvalue weighted by atomic mass is 32.2. The lowest BCUT2D eigenvalue weighted by Gasteiger charge is -2.07. The van der Waals surface area contributed by atoms with Gasteiger partial charge in [0, 0.05) is 18.8 Å². The maximum atomic E-state index is 11.8. The van der Waals surface area contributed by atoms with Crippen LogP contribution in [0.1, 0.15) is 31.3 Å². The summed E-state index contributed by atoms with van der Waals surface area (Å²) in [6.45, 7) is 5.55. The number of aryl methyl sites for hydroxylation is 1. The van der Waals surface area contributed by atoms with Crippen LogP contribution >= 0.6 is 0 Å². The lowest BCUT2D eigenvalue weighted by atomic mass is 10.4. The lowest BCUT2D eigenvalue weighted by molar-refractivity contribution is 0.0685. The number of aromatic carboxylic acids is 1. The van der Waals surface area contributed by atoms with Crippen molar-refractivity contribution in [3.8, 4) is 0 Å². The molecule has 0 saturated carbocycles. The van der Waals surface area contributed by atoms with Crippen LogP contribution in [0.15, 0.2) is 17.2 Å². The summed E-state index contributed by atoms with van der Waals surface area (Å²) in [7, 11) is -3.64. The zero-order valence-corrected chi connectivity index (χ0v) is 10.8. The molecule has 0 aliphatic rings. The van der Waals surface area contributed by atoms with E-state index in [1.54, 1.807) is 20.8 Å². The number of carboxylic acids is 1. The number of nitrogens with one attached hydrogen (secondary N) is 1. The first-order valence-corrected chi connectivity index (χ1v) is 6.72. The van der Waals surface area contributed by atoms with Crippen LogP contribution in [-0.2, 0) is 16.6 Å². The molecule has 0 atom stereocenters. The number of nitrogens with zero attached hydrogens (tertiary/aromatic N) is 1. The standard InChI is InChI=1S/C10H16N2O4S/c1-4-12-6-8(5-9(12)10(13)14)17(15,16)11-7(2)3/h5-7,11H,4H2,1-3H3,(H,13,14). The van der Waals surface area contributed by atoms with Gasteiger partial charge < -0.3 is 9.67 Å². The van der Waals surface area contributed by atoms with E-state index >= 15 is 0 Å². The average Bonchev–Trinajstić information content (AvgIpc) is 2.59. The van der Waals surface area contributed by atoms with E-state index in [1.807, 2.05) is 0 Å². The molecule has 0 fully saturated rings. The molecule has 0 saturated heterocycles. The van der Waals surface area contributed by atoms with Gasteiger partial charge in [-0.15, -0.1) is 0 Å². The predicted molar refractivity (Wildman–Crippen MR) is 62.5 cm³/mol. The van der Waals surface area contributed by atoms with Crippen LogP contribution in [0.4, 0.5) is 0 Å². The molecule has 1 rings (SSSR count). The SMILES string of the molecule is CCn1cc(S(=O)(=O)NC(C)C)cc1C(=O)O. The fraction of sp³-hybridized carbons (Fsp3) is 0.500. The van der Waals surface area contributed by atoms with E-state index in [1.165, 1.54) is 10.8 Å². The molecule has 0 aromatic carbocycles. The first-order chi connectivity index (χ1) is 7.77. The van der Waals surface area contributed by atoms with Crippen LogP contribution in [0.25, 0.3) is 0 Å². The van der Waals surface area contributed by atoms with Crippen LogP contribution in [0.3, 0.4) is 0 Å². The smallest absolute Gasteiger partial charge is 0.352 e. The van der Waals surface area contributed by atoms with Crippen molar-refractivity contribution < 1.29 is 18.3 Å². The molecule has 0 spiro atoms. The maximum Gasteiger partial charge on any atom is 0.352 e. The molecule has 1 aromatic rings. The van der Waals surface area contributed by atoms with Gasteiger partial charge in [0.15, 0.2) is 0 Å². The first-order valence-electron chi connectivity index (χ1n) is 5.23. The molecule has 2 N–H and O–H groups in total. The van der Waals surface area contributed by atoms with Crippen LogP contribution < -0.4 is 4.72 Å². The number of hydrogen-bond acceptors (Lipinski definition) is 3. The van der Waals surface area contributed by atoms with E-state index in [0.29, 0.717) is 6.54 Å². The fourth-order valence-corrected chi connectivity index (χ4v) is 2.74. The molecule has 96 valence electrons. The quantitative estimate of drug-likeness (QED) is 0.823. The number of carboxylic acid groups (broad SMARTS) is 1. The molecule has 0 amide bonds. The van der Waals surface area contributed by atoms with Gasteiger partial charge in [-0.3, -0.25) is 0 Å². The summed E-state index contributed by atoms with van der Waals surface area (Å²) in [6, 6.07) is 0.926. The highest BCUT2D eigenvalue weighted by Gasteiger charge is 2.21. The minimum atomic E-state index is -3.64. The molecule has 0 bridgehead atoms. The molecule has 0 unspecified atom stereocenters. The van der Waals surface area contributed by atoms with Crippen molar-refractivity contribution in [1.82, 2.24) is 9.29 Å². The van der Waals surface area contributed by atoms with Gasteiger partial charge >= 0.3 is 5.97 Å². The predicted octanol–water partition coefficient (Wildman–Crippen LogP) is 0.893. The number of sulfonamides is 1. The monoisotopic (exact) mass is 260 g/mol. The van der Waals surface area contributed by atoms with Gasteiger partial charge in [-0.1, -0.05) is 0 Å². The zero-order chi connectivity index (χ0) is 13.2. The van der Waals surface area contributed by atoms with Crippen molar-refractivity contribution in [2.45, 2.75) is 38.3 Å². The van der Waals surface area contributed by atoms with E-state index in [-0.39, 0.29) is 16.6 Å². The summed E-state index contributed by atoms with van der Waals surface area (Å²) < 4.78 is 27.4. The Bertz CT molecular complexity index is 516. The van der Waals surface area contributed by atoms with Crippen LogP contribution in [0.2, 0.25) is 0 Å². The minimum Gasteiger partial charge on any atom is -0.477 e. The Morgan fingerprint density at radius 2 is 2.12 bits per heavy atom. The third-order valence-corrected chi connectivity index (χ3v) is 3.76. The molecule has 1 heterocycles. The number of hydrogen-bond donors (Lipinski definition) is 2. The zero-order valence-electron chi connectivity index (χ0n) is 9.97.